The van der Waals surface area contributed by atoms with Crippen LogP contribution in [0.15, 0.2) is 47.5 Å². The van der Waals surface area contributed by atoms with E-state index in [1.807, 2.05) is 41.8 Å². The zero-order valence-corrected chi connectivity index (χ0v) is 19.0. The molecule has 0 saturated heterocycles. The van der Waals surface area contributed by atoms with Crippen LogP contribution in [0.5, 0.6) is 5.75 Å². The topological polar surface area (TPSA) is 122 Å². The molecule has 2 heterocycles. The fourth-order valence-corrected chi connectivity index (χ4v) is 3.89. The van der Waals surface area contributed by atoms with E-state index in [-0.39, 0.29) is 25.2 Å². The van der Waals surface area contributed by atoms with Gasteiger partial charge in [-0.1, -0.05) is 23.7 Å². The minimum Gasteiger partial charge on any atom is -0.497 e. The Morgan fingerprint density at radius 3 is 2.67 bits per heavy atom. The highest BCUT2D eigenvalue weighted by molar-refractivity contribution is 6.41. The summed E-state index contributed by atoms with van der Waals surface area (Å²) >= 11 is 6.10. The van der Waals surface area contributed by atoms with Crippen LogP contribution in [0.25, 0.3) is 5.69 Å². The quantitative estimate of drug-likeness (QED) is 0.458. The van der Waals surface area contributed by atoms with E-state index in [1.54, 1.807) is 19.2 Å². The number of fused-ring (bicyclic) bond motifs is 3. The largest absolute Gasteiger partial charge is 0.497 e. The number of methoxy groups -OCH3 is 1. The van der Waals surface area contributed by atoms with Crippen LogP contribution < -0.4 is 10.1 Å². The molecule has 0 aliphatic carbocycles. The first-order chi connectivity index (χ1) is 15.9. The van der Waals surface area contributed by atoms with Crippen LogP contribution in [0.4, 0.5) is 0 Å². The molecular weight excluding hydrogens is 445 g/mol. The van der Waals surface area contributed by atoms with E-state index >= 15 is 0 Å². The Morgan fingerprint density at radius 2 is 1.97 bits per heavy atom. The van der Waals surface area contributed by atoms with E-state index in [1.165, 1.54) is 0 Å². The molecule has 33 heavy (non-hydrogen) atoms. The summed E-state index contributed by atoms with van der Waals surface area (Å²) in [6, 6.07) is 12.4. The molecule has 1 amide bonds. The molecule has 3 aromatic rings. The lowest BCUT2D eigenvalue weighted by Crippen LogP contribution is -2.29. The first-order valence-electron chi connectivity index (χ1n) is 10.4. The maximum absolute atomic E-state index is 12.6. The average Bonchev–Trinajstić information content (AvgIpc) is 3.11. The highest BCUT2D eigenvalue weighted by atomic mass is 35.5. The molecule has 1 atom stereocenters. The molecule has 0 saturated carbocycles. The lowest BCUT2D eigenvalue weighted by molar-refractivity contribution is -0.121. The molecule has 2 aromatic carbocycles. The Kier molecular flexibility index (Phi) is 6.78. The van der Waals surface area contributed by atoms with Gasteiger partial charge in [0.15, 0.2) is 5.82 Å². The van der Waals surface area contributed by atoms with Crippen molar-refractivity contribution in [2.75, 3.05) is 13.7 Å². The number of halogens is 1. The molecule has 0 bridgehead atoms. The van der Waals surface area contributed by atoms with Crippen LogP contribution >= 0.6 is 11.6 Å². The number of hydrogen-bond acceptors (Lipinski definition) is 7. The summed E-state index contributed by atoms with van der Waals surface area (Å²) in [6.07, 6.45) is 0.0537. The molecule has 11 heteroatoms. The van der Waals surface area contributed by atoms with Crippen molar-refractivity contribution in [1.29, 1.82) is 0 Å². The first-order valence-corrected chi connectivity index (χ1v) is 10.8. The predicted octanol–water partition coefficient (Wildman–Crippen LogP) is 2.11. The molecule has 1 unspecified atom stereocenters. The van der Waals surface area contributed by atoms with Crippen molar-refractivity contribution in [3.8, 4) is 11.4 Å². The van der Waals surface area contributed by atoms with Crippen molar-refractivity contribution in [1.82, 2.24) is 20.1 Å². The van der Waals surface area contributed by atoms with E-state index in [2.05, 4.69) is 15.5 Å². The van der Waals surface area contributed by atoms with Crippen LogP contribution in [-0.2, 0) is 4.79 Å². The summed E-state index contributed by atoms with van der Waals surface area (Å²) < 4.78 is 7.36. The third kappa shape index (κ3) is 4.92. The average molecular weight is 468 g/mol. The number of rotatable bonds is 7. The highest BCUT2D eigenvalue weighted by Gasteiger charge is 2.30. The number of carbonyl (C=O) groups excluding carboxylic acids is 1. The van der Waals surface area contributed by atoms with Crippen molar-refractivity contribution < 1.29 is 19.6 Å². The number of nitrogens with zero attached hydrogens (tertiary/aromatic N) is 4. The molecule has 0 fully saturated rings. The number of hydrogen-bond donors (Lipinski definition) is 3. The molecular formula is C22H23BClN5O4. The van der Waals surface area contributed by atoms with Gasteiger partial charge in [-0.05, 0) is 43.6 Å². The van der Waals surface area contributed by atoms with Crippen LogP contribution in [0.1, 0.15) is 35.2 Å². The van der Waals surface area contributed by atoms with Gasteiger partial charge in [0, 0.05) is 22.7 Å². The van der Waals surface area contributed by atoms with E-state index < -0.39 is 13.2 Å². The SMILES string of the molecule is COc1ccc2c(c1)C(c1ccc(Cl)cc1)=NC(CC(=O)NCCB(O)O)c1nnc(C)n1-2. The maximum atomic E-state index is 12.6. The Balaban J connectivity index is 1.81. The van der Waals surface area contributed by atoms with Gasteiger partial charge in [0.25, 0.3) is 0 Å². The van der Waals surface area contributed by atoms with E-state index in [0.717, 1.165) is 16.8 Å². The lowest BCUT2D eigenvalue weighted by Gasteiger charge is -2.14. The number of carbonyl (C=O) groups is 1. The number of aromatic nitrogens is 3. The molecule has 3 N–H and O–H groups in total. The fourth-order valence-electron chi connectivity index (χ4n) is 3.77. The summed E-state index contributed by atoms with van der Waals surface area (Å²) in [5.74, 6) is 1.59. The smallest absolute Gasteiger partial charge is 0.453 e. The predicted molar refractivity (Wildman–Crippen MR) is 125 cm³/mol. The van der Waals surface area contributed by atoms with Gasteiger partial charge < -0.3 is 20.1 Å². The molecule has 1 aromatic heterocycles. The zero-order valence-electron chi connectivity index (χ0n) is 18.2. The van der Waals surface area contributed by atoms with E-state index in [4.69, 9.17) is 31.4 Å². The minimum atomic E-state index is -1.48. The summed E-state index contributed by atoms with van der Waals surface area (Å²) in [5, 5.41) is 29.9. The molecule has 1 aliphatic rings. The Hall–Kier alpha value is -3.21. The van der Waals surface area contributed by atoms with Gasteiger partial charge in [-0.15, -0.1) is 10.2 Å². The van der Waals surface area contributed by atoms with Crippen molar-refractivity contribution in [3.63, 3.8) is 0 Å². The van der Waals surface area contributed by atoms with Crippen LogP contribution in [0.3, 0.4) is 0 Å². The number of aryl methyl sites for hydroxylation is 1. The van der Waals surface area contributed by atoms with Crippen molar-refractivity contribution in [3.05, 3.63) is 70.3 Å². The maximum Gasteiger partial charge on any atom is 0.453 e. The minimum absolute atomic E-state index is 0.0157. The molecule has 170 valence electrons. The summed E-state index contributed by atoms with van der Waals surface area (Å²) in [4.78, 5) is 17.6. The zero-order chi connectivity index (χ0) is 23.5. The molecule has 1 aliphatic heterocycles. The van der Waals surface area contributed by atoms with E-state index in [0.29, 0.717) is 28.1 Å². The summed E-state index contributed by atoms with van der Waals surface area (Å²) in [6.45, 7) is 1.98. The van der Waals surface area contributed by atoms with Crippen LogP contribution in [0.2, 0.25) is 11.3 Å². The van der Waals surface area contributed by atoms with Gasteiger partial charge >= 0.3 is 7.12 Å². The van der Waals surface area contributed by atoms with Crippen LogP contribution in [-0.4, -0.2) is 57.2 Å². The fraction of sp³-hybridized carbons (Fsp3) is 0.273. The Morgan fingerprint density at radius 1 is 1.21 bits per heavy atom. The van der Waals surface area contributed by atoms with Gasteiger partial charge in [0.2, 0.25) is 5.91 Å². The molecule has 0 radical (unpaired) electrons. The molecule has 0 spiro atoms. The Labute approximate surface area is 196 Å². The van der Waals surface area contributed by atoms with Gasteiger partial charge in [0.05, 0.1) is 24.9 Å². The standard InChI is InChI=1S/C22H23BClN5O4/c1-13-27-28-22-18(12-20(30)25-10-9-23(31)32)26-21(14-3-5-15(24)6-4-14)17-11-16(33-2)7-8-19(17)29(13)22/h3-8,11,18,31-32H,9-10,12H2,1-2H3,(H,25,30). The van der Waals surface area contributed by atoms with E-state index in [9.17, 15) is 4.79 Å². The lowest BCUT2D eigenvalue weighted by atomic mass is 9.86. The molecule has 9 nitrogen and oxygen atoms in total. The number of amides is 1. The number of benzene rings is 2. The van der Waals surface area contributed by atoms with Crippen molar-refractivity contribution in [2.45, 2.75) is 25.7 Å². The van der Waals surface area contributed by atoms with Gasteiger partial charge in [0.1, 0.15) is 17.6 Å². The normalized spacial score (nSPS) is 14.6. The highest BCUT2D eigenvalue weighted by Crippen LogP contribution is 2.34. The van der Waals surface area contributed by atoms with Crippen molar-refractivity contribution in [2.24, 2.45) is 4.99 Å². The number of aliphatic imine (C=N–C) groups is 1. The second-order valence-electron chi connectivity index (χ2n) is 7.65. The van der Waals surface area contributed by atoms with Gasteiger partial charge in [-0.3, -0.25) is 14.4 Å². The number of ether oxygens (including phenoxy) is 1. The summed E-state index contributed by atoms with van der Waals surface area (Å²) in [7, 11) is 0.122. The summed E-state index contributed by atoms with van der Waals surface area (Å²) in [5.41, 5.74) is 3.15. The van der Waals surface area contributed by atoms with Gasteiger partial charge in [-0.2, -0.15) is 0 Å². The van der Waals surface area contributed by atoms with Crippen LogP contribution in [0, 0.1) is 6.92 Å². The number of nitrogens with one attached hydrogen (secondary N) is 1. The second-order valence-corrected chi connectivity index (χ2v) is 8.08. The molecule has 4 rings (SSSR count). The third-order valence-electron chi connectivity index (χ3n) is 5.35. The third-order valence-corrected chi connectivity index (χ3v) is 5.61. The first kappa shape index (κ1) is 23.0. The Bertz CT molecular complexity index is 1200. The second kappa shape index (κ2) is 9.74. The monoisotopic (exact) mass is 467 g/mol. The van der Waals surface area contributed by atoms with Gasteiger partial charge in [-0.25, -0.2) is 0 Å². The van der Waals surface area contributed by atoms with Crippen molar-refractivity contribution >= 4 is 30.3 Å².